The predicted octanol–water partition coefficient (Wildman–Crippen LogP) is 3.29. The fraction of sp³-hybridized carbons (Fsp3) is 0.385. The normalized spacial score (nSPS) is 19.1. The lowest BCUT2D eigenvalue weighted by Gasteiger charge is -2.20. The summed E-state index contributed by atoms with van der Waals surface area (Å²) in [6.45, 7) is 3.30. The minimum Gasteiger partial charge on any atom is -0.311 e. The average Bonchev–Trinajstić information content (AvgIpc) is 2.72. The van der Waals surface area contributed by atoms with E-state index in [4.69, 9.17) is 0 Å². The zero-order valence-corrected chi connectivity index (χ0v) is 11.3. The van der Waals surface area contributed by atoms with Gasteiger partial charge in [-0.1, -0.05) is 41.1 Å². The van der Waals surface area contributed by atoms with Gasteiger partial charge in [-0.25, -0.2) is 0 Å². The van der Waals surface area contributed by atoms with Crippen LogP contribution >= 0.6 is 15.9 Å². The van der Waals surface area contributed by atoms with Crippen molar-refractivity contribution in [3.63, 3.8) is 0 Å². The second kappa shape index (κ2) is 4.26. The van der Waals surface area contributed by atoms with Gasteiger partial charge < -0.3 is 4.57 Å². The molecule has 0 saturated heterocycles. The van der Waals surface area contributed by atoms with Crippen molar-refractivity contribution in [2.45, 2.75) is 26.3 Å². The molecule has 0 radical (unpaired) electrons. The Morgan fingerprint density at radius 1 is 1.29 bits per heavy atom. The highest BCUT2D eigenvalue weighted by molar-refractivity contribution is 9.10. The molecule has 2 heterocycles. The van der Waals surface area contributed by atoms with Crippen LogP contribution < -0.4 is 0 Å². The molecule has 1 atom stereocenters. The molecule has 2 aromatic rings. The molecule has 88 valence electrons. The van der Waals surface area contributed by atoms with Gasteiger partial charge in [-0.15, -0.1) is 10.2 Å². The zero-order valence-electron chi connectivity index (χ0n) is 9.73. The summed E-state index contributed by atoms with van der Waals surface area (Å²) < 4.78 is 3.33. The molecular weight excluding hydrogens is 278 g/mol. The second-order valence-electron chi connectivity index (χ2n) is 4.67. The lowest BCUT2D eigenvalue weighted by atomic mass is 10.00. The lowest BCUT2D eigenvalue weighted by molar-refractivity contribution is 0.411. The van der Waals surface area contributed by atoms with E-state index in [-0.39, 0.29) is 0 Å². The Bertz CT molecular complexity index is 547. The van der Waals surface area contributed by atoms with Gasteiger partial charge in [-0.2, -0.15) is 0 Å². The van der Waals surface area contributed by atoms with Crippen molar-refractivity contribution in [2.75, 3.05) is 0 Å². The lowest BCUT2D eigenvalue weighted by Crippen LogP contribution is -2.18. The fourth-order valence-electron chi connectivity index (χ4n) is 2.33. The predicted molar refractivity (Wildman–Crippen MR) is 70.6 cm³/mol. The molecule has 0 saturated carbocycles. The molecule has 0 spiro atoms. The summed E-state index contributed by atoms with van der Waals surface area (Å²) in [5.41, 5.74) is 1.13. The first kappa shape index (κ1) is 11.0. The molecule has 0 fully saturated rings. The maximum atomic E-state index is 4.35. The van der Waals surface area contributed by atoms with Gasteiger partial charge in [0.2, 0.25) is 0 Å². The number of fused-ring (bicyclic) bond motifs is 1. The van der Waals surface area contributed by atoms with E-state index < -0.39 is 0 Å². The highest BCUT2D eigenvalue weighted by atomic mass is 79.9. The van der Waals surface area contributed by atoms with E-state index in [0.717, 1.165) is 40.6 Å². The third kappa shape index (κ3) is 1.90. The quantitative estimate of drug-likeness (QED) is 0.807. The first-order valence-electron chi connectivity index (χ1n) is 5.92. The molecule has 1 aromatic carbocycles. The second-order valence-corrected chi connectivity index (χ2v) is 5.52. The minimum atomic E-state index is 0.721. The Morgan fingerprint density at radius 3 is 2.94 bits per heavy atom. The molecule has 4 heteroatoms. The van der Waals surface area contributed by atoms with Crippen molar-refractivity contribution < 1.29 is 0 Å². The van der Waals surface area contributed by atoms with E-state index in [1.807, 2.05) is 18.2 Å². The third-order valence-corrected chi connectivity index (χ3v) is 4.01. The zero-order chi connectivity index (χ0) is 11.8. The van der Waals surface area contributed by atoms with Crippen molar-refractivity contribution in [3.05, 3.63) is 34.6 Å². The van der Waals surface area contributed by atoms with Gasteiger partial charge in [0.25, 0.3) is 0 Å². The van der Waals surface area contributed by atoms with Crippen LogP contribution in [0.1, 0.15) is 19.2 Å². The molecule has 3 nitrogen and oxygen atoms in total. The summed E-state index contributed by atoms with van der Waals surface area (Å²) >= 11 is 3.58. The minimum absolute atomic E-state index is 0.721. The monoisotopic (exact) mass is 291 g/mol. The molecular formula is C13H14BrN3. The number of aromatic nitrogens is 3. The van der Waals surface area contributed by atoms with Crippen LogP contribution in [-0.4, -0.2) is 14.8 Å². The summed E-state index contributed by atoms with van der Waals surface area (Å²) in [7, 11) is 0. The summed E-state index contributed by atoms with van der Waals surface area (Å²) in [4.78, 5) is 0. The summed E-state index contributed by atoms with van der Waals surface area (Å²) in [5, 5.41) is 8.66. The Labute approximate surface area is 109 Å². The molecule has 0 aliphatic carbocycles. The van der Waals surface area contributed by atoms with Crippen molar-refractivity contribution in [2.24, 2.45) is 5.92 Å². The first-order valence-corrected chi connectivity index (χ1v) is 6.72. The van der Waals surface area contributed by atoms with Gasteiger partial charge in [-0.05, 0) is 18.4 Å². The van der Waals surface area contributed by atoms with Crippen molar-refractivity contribution in [3.8, 4) is 11.4 Å². The van der Waals surface area contributed by atoms with Crippen molar-refractivity contribution in [1.29, 1.82) is 0 Å². The summed E-state index contributed by atoms with van der Waals surface area (Å²) in [6.07, 6.45) is 2.25. The van der Waals surface area contributed by atoms with E-state index in [0.29, 0.717) is 0 Å². The summed E-state index contributed by atoms with van der Waals surface area (Å²) in [5.74, 6) is 2.83. The Balaban J connectivity index is 2.09. The number of nitrogens with zero attached hydrogens (tertiary/aromatic N) is 3. The number of benzene rings is 1. The largest absolute Gasteiger partial charge is 0.311 e. The standard InChI is InChI=1S/C13H14BrN3/c1-9-6-7-17-12(8-9)15-16-13(17)10-4-2-3-5-11(10)14/h2-5,9H,6-8H2,1H3. The number of hydrogen-bond acceptors (Lipinski definition) is 2. The highest BCUT2D eigenvalue weighted by Crippen LogP contribution is 2.29. The van der Waals surface area contributed by atoms with E-state index in [2.05, 4.69) is 43.7 Å². The summed E-state index contributed by atoms with van der Waals surface area (Å²) in [6, 6.07) is 8.18. The van der Waals surface area contributed by atoms with Gasteiger partial charge in [0.15, 0.2) is 5.82 Å². The maximum absolute atomic E-state index is 4.35. The number of hydrogen-bond donors (Lipinski definition) is 0. The van der Waals surface area contributed by atoms with E-state index in [1.165, 1.54) is 6.42 Å². The van der Waals surface area contributed by atoms with Crippen LogP contribution in [-0.2, 0) is 13.0 Å². The van der Waals surface area contributed by atoms with Crippen molar-refractivity contribution >= 4 is 15.9 Å². The van der Waals surface area contributed by atoms with Gasteiger partial charge >= 0.3 is 0 Å². The molecule has 1 aliphatic rings. The van der Waals surface area contributed by atoms with Crippen LogP contribution in [0, 0.1) is 5.92 Å². The van der Waals surface area contributed by atoms with Gasteiger partial charge in [0, 0.05) is 23.0 Å². The highest BCUT2D eigenvalue weighted by Gasteiger charge is 2.21. The van der Waals surface area contributed by atoms with Crippen LogP contribution in [0.5, 0.6) is 0 Å². The molecule has 3 rings (SSSR count). The van der Waals surface area contributed by atoms with Crippen LogP contribution in [0.15, 0.2) is 28.7 Å². The van der Waals surface area contributed by atoms with Gasteiger partial charge in [0.1, 0.15) is 5.82 Å². The van der Waals surface area contributed by atoms with Crippen LogP contribution in [0.3, 0.4) is 0 Å². The Kier molecular flexibility index (Phi) is 2.74. The van der Waals surface area contributed by atoms with Gasteiger partial charge in [0.05, 0.1) is 0 Å². The average molecular weight is 292 g/mol. The van der Waals surface area contributed by atoms with Crippen LogP contribution in [0.25, 0.3) is 11.4 Å². The SMILES string of the molecule is CC1CCn2c(nnc2-c2ccccc2Br)C1. The Hall–Kier alpha value is -1.16. The Morgan fingerprint density at radius 2 is 2.12 bits per heavy atom. The van der Waals surface area contributed by atoms with Crippen molar-refractivity contribution in [1.82, 2.24) is 14.8 Å². The van der Waals surface area contributed by atoms with Crippen LogP contribution in [0.4, 0.5) is 0 Å². The van der Waals surface area contributed by atoms with Crippen LogP contribution in [0.2, 0.25) is 0 Å². The van der Waals surface area contributed by atoms with Gasteiger partial charge in [-0.3, -0.25) is 0 Å². The topological polar surface area (TPSA) is 30.7 Å². The molecule has 1 aliphatic heterocycles. The van der Waals surface area contributed by atoms with E-state index >= 15 is 0 Å². The first-order chi connectivity index (χ1) is 8.25. The molecule has 1 unspecified atom stereocenters. The smallest absolute Gasteiger partial charge is 0.165 e. The molecule has 1 aromatic heterocycles. The molecule has 17 heavy (non-hydrogen) atoms. The molecule has 0 bridgehead atoms. The fourth-order valence-corrected chi connectivity index (χ4v) is 2.79. The van der Waals surface area contributed by atoms with E-state index in [9.17, 15) is 0 Å². The number of halogens is 1. The third-order valence-electron chi connectivity index (χ3n) is 3.32. The molecule has 0 amide bonds. The van der Waals surface area contributed by atoms with E-state index in [1.54, 1.807) is 0 Å². The molecule has 0 N–H and O–H groups in total. The number of rotatable bonds is 1. The maximum Gasteiger partial charge on any atom is 0.165 e.